The third-order valence-corrected chi connectivity index (χ3v) is 7.47. The lowest BCUT2D eigenvalue weighted by Gasteiger charge is -2.36. The first-order chi connectivity index (χ1) is 12.5. The van der Waals surface area contributed by atoms with Gasteiger partial charge in [-0.3, -0.25) is 14.4 Å². The molecule has 3 saturated heterocycles. The molecule has 138 valence electrons. The molecule has 2 atom stereocenters. The Morgan fingerprint density at radius 2 is 1.85 bits per heavy atom. The van der Waals surface area contributed by atoms with Crippen LogP contribution in [0.25, 0.3) is 0 Å². The summed E-state index contributed by atoms with van der Waals surface area (Å²) in [4.78, 5) is 41.3. The summed E-state index contributed by atoms with van der Waals surface area (Å²) < 4.78 is 0. The average molecular weight is 372 g/mol. The third kappa shape index (κ3) is 2.94. The van der Waals surface area contributed by atoms with Crippen molar-refractivity contribution >= 4 is 29.4 Å². The lowest BCUT2D eigenvalue weighted by atomic mass is 9.88. The maximum absolute atomic E-state index is 13.0. The molecule has 0 aromatic heterocycles. The zero-order valence-corrected chi connectivity index (χ0v) is 15.8. The van der Waals surface area contributed by atoms with E-state index in [1.165, 1.54) is 0 Å². The van der Waals surface area contributed by atoms with Crippen molar-refractivity contribution < 1.29 is 14.4 Å². The van der Waals surface area contributed by atoms with E-state index in [1.54, 1.807) is 11.8 Å². The number of hydrogen-bond donors (Lipinski definition) is 0. The number of piperidine rings is 1. The van der Waals surface area contributed by atoms with Crippen LogP contribution in [0.4, 0.5) is 0 Å². The molecule has 1 aromatic carbocycles. The molecule has 0 N–H and O–H groups in total. The van der Waals surface area contributed by atoms with Crippen molar-refractivity contribution in [3.05, 3.63) is 35.9 Å². The zero-order valence-electron chi connectivity index (χ0n) is 15.0. The van der Waals surface area contributed by atoms with Crippen molar-refractivity contribution in [1.29, 1.82) is 0 Å². The predicted molar refractivity (Wildman–Crippen MR) is 101 cm³/mol. The van der Waals surface area contributed by atoms with Gasteiger partial charge in [0.2, 0.25) is 11.8 Å². The second-order valence-electron chi connectivity index (χ2n) is 7.60. The van der Waals surface area contributed by atoms with Gasteiger partial charge in [-0.15, -0.1) is 11.8 Å². The number of carbonyl (C=O) groups excluding carboxylic acids is 3. The first-order valence-electron chi connectivity index (χ1n) is 9.34. The smallest absolute Gasteiger partial charge is 0.246 e. The Hall–Kier alpha value is -1.82. The van der Waals surface area contributed by atoms with Crippen LogP contribution in [0.15, 0.2) is 30.3 Å². The van der Waals surface area contributed by atoms with Crippen molar-refractivity contribution in [1.82, 2.24) is 9.80 Å². The molecule has 6 heteroatoms. The SMILES string of the molecule is CC12CCC(=O)N1C(C(=O)N1CCC(C(=O)c3ccccc3)CC1)CS2. The van der Waals surface area contributed by atoms with E-state index in [4.69, 9.17) is 0 Å². The van der Waals surface area contributed by atoms with E-state index in [2.05, 4.69) is 6.92 Å². The second-order valence-corrected chi connectivity index (χ2v) is 9.10. The highest BCUT2D eigenvalue weighted by molar-refractivity contribution is 8.01. The van der Waals surface area contributed by atoms with Gasteiger partial charge < -0.3 is 9.80 Å². The summed E-state index contributed by atoms with van der Waals surface area (Å²) in [5.41, 5.74) is 0.753. The first kappa shape index (κ1) is 17.6. The topological polar surface area (TPSA) is 57.7 Å². The molecule has 3 aliphatic rings. The van der Waals surface area contributed by atoms with E-state index in [0.29, 0.717) is 38.1 Å². The molecule has 1 aromatic rings. The Morgan fingerprint density at radius 1 is 1.15 bits per heavy atom. The first-order valence-corrected chi connectivity index (χ1v) is 10.3. The molecule has 26 heavy (non-hydrogen) atoms. The number of ketones is 1. The van der Waals surface area contributed by atoms with Gasteiger partial charge in [0.25, 0.3) is 0 Å². The van der Waals surface area contributed by atoms with Crippen molar-refractivity contribution in [2.75, 3.05) is 18.8 Å². The van der Waals surface area contributed by atoms with Crippen LogP contribution in [0.3, 0.4) is 0 Å². The number of thioether (sulfide) groups is 1. The average Bonchev–Trinajstić information content (AvgIpc) is 3.17. The van der Waals surface area contributed by atoms with Crippen LogP contribution in [-0.2, 0) is 9.59 Å². The minimum atomic E-state index is -0.332. The van der Waals surface area contributed by atoms with E-state index in [0.717, 1.165) is 12.0 Å². The number of Topliss-reactive ketones (excluding diaryl/α,β-unsaturated/α-hetero) is 1. The van der Waals surface area contributed by atoms with Crippen LogP contribution in [0, 0.1) is 5.92 Å². The monoisotopic (exact) mass is 372 g/mol. The molecule has 5 nitrogen and oxygen atoms in total. The summed E-state index contributed by atoms with van der Waals surface area (Å²) in [7, 11) is 0. The Bertz CT molecular complexity index is 730. The summed E-state index contributed by atoms with van der Waals surface area (Å²) in [5, 5.41) is 0. The molecular formula is C20H24N2O3S. The Balaban J connectivity index is 1.38. The normalized spacial score (nSPS) is 29.1. The molecular weight excluding hydrogens is 348 g/mol. The Morgan fingerprint density at radius 3 is 2.54 bits per heavy atom. The molecule has 0 saturated carbocycles. The summed E-state index contributed by atoms with van der Waals surface area (Å²) in [6.07, 6.45) is 2.77. The standard InChI is InChI=1S/C20H24N2O3S/c1-20-10-7-17(23)22(20)16(13-26-20)19(25)21-11-8-15(9-12-21)18(24)14-5-3-2-4-6-14/h2-6,15-16H,7-13H2,1H3. The van der Waals surface area contributed by atoms with Crippen LogP contribution in [-0.4, -0.2) is 57.2 Å². The summed E-state index contributed by atoms with van der Waals surface area (Å²) in [6, 6.07) is 9.05. The van der Waals surface area contributed by atoms with Crippen LogP contribution in [0.1, 0.15) is 43.0 Å². The van der Waals surface area contributed by atoms with Crippen LogP contribution < -0.4 is 0 Å². The lowest BCUT2D eigenvalue weighted by molar-refractivity contribution is -0.144. The van der Waals surface area contributed by atoms with E-state index >= 15 is 0 Å². The van der Waals surface area contributed by atoms with Gasteiger partial charge in [0, 0.05) is 36.7 Å². The second kappa shape index (κ2) is 6.72. The zero-order chi connectivity index (χ0) is 18.3. The maximum Gasteiger partial charge on any atom is 0.246 e. The van der Waals surface area contributed by atoms with Gasteiger partial charge in [-0.1, -0.05) is 30.3 Å². The van der Waals surface area contributed by atoms with E-state index in [-0.39, 0.29) is 34.4 Å². The van der Waals surface area contributed by atoms with Crippen LogP contribution in [0.5, 0.6) is 0 Å². The highest BCUT2D eigenvalue weighted by Crippen LogP contribution is 2.47. The fourth-order valence-electron chi connectivity index (χ4n) is 4.41. The van der Waals surface area contributed by atoms with E-state index in [1.807, 2.05) is 40.1 Å². The van der Waals surface area contributed by atoms with Gasteiger partial charge >= 0.3 is 0 Å². The number of carbonyl (C=O) groups is 3. The predicted octanol–water partition coefficient (Wildman–Crippen LogP) is 2.56. The quantitative estimate of drug-likeness (QED) is 0.765. The van der Waals surface area contributed by atoms with Gasteiger partial charge in [-0.2, -0.15) is 0 Å². The van der Waals surface area contributed by atoms with E-state index < -0.39 is 0 Å². The van der Waals surface area contributed by atoms with Gasteiger partial charge in [-0.05, 0) is 26.2 Å². The van der Waals surface area contributed by atoms with Gasteiger partial charge in [0.05, 0.1) is 4.87 Å². The highest BCUT2D eigenvalue weighted by atomic mass is 32.2. The van der Waals surface area contributed by atoms with Gasteiger partial charge in [0.1, 0.15) is 6.04 Å². The molecule has 0 spiro atoms. The lowest BCUT2D eigenvalue weighted by Crippen LogP contribution is -2.53. The molecule has 3 aliphatic heterocycles. The van der Waals surface area contributed by atoms with E-state index in [9.17, 15) is 14.4 Å². The van der Waals surface area contributed by atoms with Gasteiger partial charge in [-0.25, -0.2) is 0 Å². The van der Waals surface area contributed by atoms with Crippen LogP contribution in [0.2, 0.25) is 0 Å². The molecule has 2 unspecified atom stereocenters. The highest BCUT2D eigenvalue weighted by Gasteiger charge is 2.53. The fraction of sp³-hybridized carbons (Fsp3) is 0.550. The van der Waals surface area contributed by atoms with Crippen molar-refractivity contribution in [3.8, 4) is 0 Å². The number of hydrogen-bond acceptors (Lipinski definition) is 4. The number of rotatable bonds is 3. The molecule has 3 heterocycles. The van der Waals surface area contributed by atoms with Gasteiger partial charge in [0.15, 0.2) is 5.78 Å². The number of fused-ring (bicyclic) bond motifs is 1. The fourth-order valence-corrected chi connectivity index (χ4v) is 5.84. The molecule has 0 aliphatic carbocycles. The summed E-state index contributed by atoms with van der Waals surface area (Å²) >= 11 is 1.73. The molecule has 0 bridgehead atoms. The minimum absolute atomic E-state index is 0.0157. The maximum atomic E-state index is 13.0. The summed E-state index contributed by atoms with van der Waals surface area (Å²) in [5.74, 6) is 1.01. The largest absolute Gasteiger partial charge is 0.341 e. The summed E-state index contributed by atoms with van der Waals surface area (Å²) in [6.45, 7) is 3.27. The number of likely N-dealkylation sites (tertiary alicyclic amines) is 1. The Kier molecular flexibility index (Phi) is 4.55. The molecule has 2 amide bonds. The number of benzene rings is 1. The molecule has 4 rings (SSSR count). The van der Waals surface area contributed by atoms with Crippen molar-refractivity contribution in [2.45, 2.75) is 43.5 Å². The molecule has 3 fully saturated rings. The molecule has 0 radical (unpaired) electrons. The number of nitrogens with zero attached hydrogens (tertiary/aromatic N) is 2. The number of amides is 2. The van der Waals surface area contributed by atoms with Crippen molar-refractivity contribution in [3.63, 3.8) is 0 Å². The minimum Gasteiger partial charge on any atom is -0.341 e. The Labute approximate surface area is 158 Å². The third-order valence-electron chi connectivity index (χ3n) is 5.97. The van der Waals surface area contributed by atoms with Crippen LogP contribution >= 0.6 is 11.8 Å². The van der Waals surface area contributed by atoms with Crippen molar-refractivity contribution in [2.24, 2.45) is 5.92 Å².